The average Bonchev–Trinajstić information content (AvgIpc) is 3.12. The molecule has 0 amide bonds. The number of halogens is 2. The molecule has 1 heterocycles. The van der Waals surface area contributed by atoms with Crippen molar-refractivity contribution in [2.24, 2.45) is 0 Å². The molecule has 0 aliphatic carbocycles. The zero-order valence-corrected chi connectivity index (χ0v) is 16.0. The standard InChI is InChI=1S/C22H17F2N3S/c1-15-6-12-19(13-7-15)27-21(16-8-10-18(23)11-9-16)25-26-22(27)28-14-17-4-2-3-5-20(17)24/h2-13H,14H2,1H3. The molecule has 0 atom stereocenters. The average molecular weight is 393 g/mol. The fraction of sp³-hybridized carbons (Fsp3) is 0.0909. The highest BCUT2D eigenvalue weighted by Crippen LogP contribution is 2.30. The number of benzene rings is 3. The number of aromatic nitrogens is 3. The molecule has 0 unspecified atom stereocenters. The molecule has 0 N–H and O–H groups in total. The molecule has 3 aromatic carbocycles. The van der Waals surface area contributed by atoms with Crippen molar-refractivity contribution in [2.75, 3.05) is 0 Å². The van der Waals surface area contributed by atoms with Crippen LogP contribution in [0, 0.1) is 18.6 Å². The van der Waals surface area contributed by atoms with Crippen LogP contribution in [0.5, 0.6) is 0 Å². The predicted octanol–water partition coefficient (Wildman–Crippen LogP) is 5.81. The first-order valence-corrected chi connectivity index (χ1v) is 9.75. The third kappa shape index (κ3) is 3.82. The zero-order chi connectivity index (χ0) is 19.5. The van der Waals surface area contributed by atoms with Gasteiger partial charge in [-0.2, -0.15) is 0 Å². The second-order valence-corrected chi connectivity index (χ2v) is 7.31. The summed E-state index contributed by atoms with van der Waals surface area (Å²) in [6, 6.07) is 20.8. The normalized spacial score (nSPS) is 11.0. The second-order valence-electron chi connectivity index (χ2n) is 6.36. The molecule has 1 aromatic heterocycles. The van der Waals surface area contributed by atoms with Gasteiger partial charge in [-0.3, -0.25) is 4.57 Å². The molecule has 140 valence electrons. The molecule has 0 spiro atoms. The Morgan fingerprint density at radius 3 is 2.29 bits per heavy atom. The van der Waals surface area contributed by atoms with Gasteiger partial charge in [0, 0.05) is 17.0 Å². The number of hydrogen-bond acceptors (Lipinski definition) is 3. The van der Waals surface area contributed by atoms with E-state index in [0.29, 0.717) is 22.3 Å². The molecule has 0 radical (unpaired) electrons. The SMILES string of the molecule is Cc1ccc(-n2c(SCc3ccccc3F)nnc2-c2ccc(F)cc2)cc1. The van der Waals surface area contributed by atoms with E-state index >= 15 is 0 Å². The van der Waals surface area contributed by atoms with Crippen molar-refractivity contribution in [1.82, 2.24) is 14.8 Å². The Morgan fingerprint density at radius 1 is 0.857 bits per heavy atom. The van der Waals surface area contributed by atoms with Gasteiger partial charge in [0.2, 0.25) is 0 Å². The molecular formula is C22H17F2N3S. The van der Waals surface area contributed by atoms with Gasteiger partial charge in [-0.15, -0.1) is 10.2 Å². The molecule has 0 aliphatic rings. The number of hydrogen-bond donors (Lipinski definition) is 0. The molecule has 3 nitrogen and oxygen atoms in total. The molecular weight excluding hydrogens is 376 g/mol. The van der Waals surface area contributed by atoms with Crippen molar-refractivity contribution in [3.8, 4) is 17.1 Å². The Labute approximate surface area is 166 Å². The van der Waals surface area contributed by atoms with Gasteiger partial charge < -0.3 is 0 Å². The molecule has 0 aliphatic heterocycles. The largest absolute Gasteiger partial charge is 0.270 e. The Bertz CT molecular complexity index is 1090. The highest BCUT2D eigenvalue weighted by atomic mass is 32.2. The maximum absolute atomic E-state index is 14.0. The van der Waals surface area contributed by atoms with Crippen molar-refractivity contribution in [2.45, 2.75) is 17.8 Å². The highest BCUT2D eigenvalue weighted by molar-refractivity contribution is 7.98. The molecule has 28 heavy (non-hydrogen) atoms. The van der Waals surface area contributed by atoms with Gasteiger partial charge in [-0.05, 0) is 55.0 Å². The topological polar surface area (TPSA) is 30.7 Å². The van der Waals surface area contributed by atoms with Crippen molar-refractivity contribution < 1.29 is 8.78 Å². The van der Waals surface area contributed by atoms with E-state index in [2.05, 4.69) is 10.2 Å². The number of rotatable bonds is 5. The van der Waals surface area contributed by atoms with Gasteiger partial charge in [0.05, 0.1) is 0 Å². The number of aryl methyl sites for hydroxylation is 1. The fourth-order valence-electron chi connectivity index (χ4n) is 2.83. The summed E-state index contributed by atoms with van der Waals surface area (Å²) in [5.41, 5.74) is 3.40. The lowest BCUT2D eigenvalue weighted by Crippen LogP contribution is -2.00. The summed E-state index contributed by atoms with van der Waals surface area (Å²) in [5.74, 6) is 0.495. The Kier molecular flexibility index (Phi) is 5.21. The maximum Gasteiger partial charge on any atom is 0.196 e. The van der Waals surface area contributed by atoms with E-state index in [4.69, 9.17) is 0 Å². The van der Waals surface area contributed by atoms with Crippen molar-refractivity contribution in [3.05, 3.63) is 95.6 Å². The summed E-state index contributed by atoms with van der Waals surface area (Å²) in [4.78, 5) is 0. The van der Waals surface area contributed by atoms with Gasteiger partial charge in [-0.25, -0.2) is 8.78 Å². The van der Waals surface area contributed by atoms with Crippen LogP contribution < -0.4 is 0 Å². The molecule has 4 aromatic rings. The van der Waals surface area contributed by atoms with Gasteiger partial charge in [0.25, 0.3) is 0 Å². The number of nitrogens with zero attached hydrogens (tertiary/aromatic N) is 3. The Morgan fingerprint density at radius 2 is 1.57 bits per heavy atom. The third-order valence-corrected chi connectivity index (χ3v) is 5.32. The van der Waals surface area contributed by atoms with E-state index in [9.17, 15) is 8.78 Å². The lowest BCUT2D eigenvalue weighted by molar-refractivity contribution is 0.617. The minimum absolute atomic E-state index is 0.241. The Balaban J connectivity index is 1.74. The molecule has 6 heteroatoms. The quantitative estimate of drug-likeness (QED) is 0.401. The second kappa shape index (κ2) is 7.94. The first-order chi connectivity index (χ1) is 13.6. The van der Waals surface area contributed by atoms with Crippen molar-refractivity contribution in [3.63, 3.8) is 0 Å². The summed E-state index contributed by atoms with van der Waals surface area (Å²) >= 11 is 1.41. The smallest absolute Gasteiger partial charge is 0.196 e. The van der Waals surface area contributed by atoms with Crippen LogP contribution in [0.2, 0.25) is 0 Å². The van der Waals surface area contributed by atoms with Crippen LogP contribution in [0.4, 0.5) is 8.78 Å². The monoisotopic (exact) mass is 393 g/mol. The van der Waals surface area contributed by atoms with Crippen LogP contribution in [0.25, 0.3) is 17.1 Å². The summed E-state index contributed by atoms with van der Waals surface area (Å²) in [7, 11) is 0. The first kappa shape index (κ1) is 18.4. The van der Waals surface area contributed by atoms with E-state index in [-0.39, 0.29) is 11.6 Å². The molecule has 0 bridgehead atoms. The van der Waals surface area contributed by atoms with E-state index in [0.717, 1.165) is 16.8 Å². The van der Waals surface area contributed by atoms with Crippen molar-refractivity contribution >= 4 is 11.8 Å². The van der Waals surface area contributed by atoms with Gasteiger partial charge >= 0.3 is 0 Å². The first-order valence-electron chi connectivity index (χ1n) is 8.76. The minimum Gasteiger partial charge on any atom is -0.270 e. The minimum atomic E-state index is -0.306. The lowest BCUT2D eigenvalue weighted by atomic mass is 10.2. The molecule has 0 fully saturated rings. The lowest BCUT2D eigenvalue weighted by Gasteiger charge is -2.11. The van der Waals surface area contributed by atoms with Crippen molar-refractivity contribution in [1.29, 1.82) is 0 Å². The van der Waals surface area contributed by atoms with Crippen LogP contribution in [0.1, 0.15) is 11.1 Å². The van der Waals surface area contributed by atoms with Crippen LogP contribution in [-0.4, -0.2) is 14.8 Å². The zero-order valence-electron chi connectivity index (χ0n) is 15.1. The van der Waals surface area contributed by atoms with Gasteiger partial charge in [-0.1, -0.05) is 47.7 Å². The van der Waals surface area contributed by atoms with Crippen LogP contribution in [-0.2, 0) is 5.75 Å². The maximum atomic E-state index is 14.0. The van der Waals surface area contributed by atoms with E-state index in [1.54, 1.807) is 24.3 Å². The van der Waals surface area contributed by atoms with Crippen LogP contribution in [0.3, 0.4) is 0 Å². The summed E-state index contributed by atoms with van der Waals surface area (Å²) in [6.45, 7) is 2.02. The van der Waals surface area contributed by atoms with Gasteiger partial charge in [0.1, 0.15) is 11.6 Å². The highest BCUT2D eigenvalue weighted by Gasteiger charge is 2.17. The van der Waals surface area contributed by atoms with Crippen LogP contribution >= 0.6 is 11.8 Å². The fourth-order valence-corrected chi connectivity index (χ4v) is 3.77. The number of thioether (sulfide) groups is 1. The third-order valence-electron chi connectivity index (χ3n) is 4.34. The Hall–Kier alpha value is -2.99. The predicted molar refractivity (Wildman–Crippen MR) is 107 cm³/mol. The van der Waals surface area contributed by atoms with E-state index < -0.39 is 0 Å². The summed E-state index contributed by atoms with van der Waals surface area (Å²) in [6.07, 6.45) is 0. The van der Waals surface area contributed by atoms with Crippen LogP contribution in [0.15, 0.2) is 78.0 Å². The van der Waals surface area contributed by atoms with Gasteiger partial charge in [0.15, 0.2) is 11.0 Å². The molecule has 4 rings (SSSR count). The van der Waals surface area contributed by atoms with E-state index in [1.807, 2.05) is 41.8 Å². The summed E-state index contributed by atoms with van der Waals surface area (Å²) in [5, 5.41) is 9.29. The van der Waals surface area contributed by atoms with E-state index in [1.165, 1.54) is 30.0 Å². The molecule has 0 saturated heterocycles. The molecule has 0 saturated carbocycles. The summed E-state index contributed by atoms with van der Waals surface area (Å²) < 4.78 is 29.2.